The van der Waals surface area contributed by atoms with E-state index in [0.29, 0.717) is 13.2 Å². The standard InChI is InChI=1S/C16H17NO5/c1-2-21-13-5-3-4-11(8-13)10-17-22-16(20)14-7-6-12(18)9-15(14)19/h3-9,17-19H,2,10H2,1H3. The van der Waals surface area contributed by atoms with E-state index in [1.54, 1.807) is 0 Å². The molecular weight excluding hydrogens is 286 g/mol. The lowest BCUT2D eigenvalue weighted by Gasteiger charge is -2.08. The second kappa shape index (κ2) is 7.33. The minimum absolute atomic E-state index is 0.0339. The van der Waals surface area contributed by atoms with E-state index < -0.39 is 5.97 Å². The normalized spacial score (nSPS) is 10.2. The van der Waals surface area contributed by atoms with Crippen LogP contribution in [-0.4, -0.2) is 22.8 Å². The third kappa shape index (κ3) is 4.13. The molecule has 0 amide bonds. The highest BCUT2D eigenvalue weighted by Crippen LogP contribution is 2.23. The lowest BCUT2D eigenvalue weighted by atomic mass is 10.2. The molecule has 0 aliphatic heterocycles. The van der Waals surface area contributed by atoms with Gasteiger partial charge in [0.05, 0.1) is 13.2 Å². The molecule has 0 saturated heterocycles. The minimum Gasteiger partial charge on any atom is -0.508 e. The Kier molecular flexibility index (Phi) is 5.21. The van der Waals surface area contributed by atoms with Crippen LogP contribution in [-0.2, 0) is 11.4 Å². The third-order valence-corrected chi connectivity index (χ3v) is 2.85. The van der Waals surface area contributed by atoms with Gasteiger partial charge in [0, 0.05) is 6.07 Å². The zero-order chi connectivity index (χ0) is 15.9. The molecule has 0 radical (unpaired) electrons. The number of hydrogen-bond acceptors (Lipinski definition) is 6. The fourth-order valence-corrected chi connectivity index (χ4v) is 1.84. The van der Waals surface area contributed by atoms with Crippen LogP contribution in [0.5, 0.6) is 17.2 Å². The quantitative estimate of drug-likeness (QED) is 0.710. The molecule has 2 rings (SSSR count). The summed E-state index contributed by atoms with van der Waals surface area (Å²) in [5.41, 5.74) is 3.38. The summed E-state index contributed by atoms with van der Waals surface area (Å²) in [6, 6.07) is 11.0. The number of hydrogen-bond donors (Lipinski definition) is 3. The summed E-state index contributed by atoms with van der Waals surface area (Å²) in [6.45, 7) is 2.77. The third-order valence-electron chi connectivity index (χ3n) is 2.85. The summed E-state index contributed by atoms with van der Waals surface area (Å²) in [4.78, 5) is 16.7. The molecular formula is C16H17NO5. The van der Waals surface area contributed by atoms with Gasteiger partial charge in [-0.1, -0.05) is 12.1 Å². The molecule has 116 valence electrons. The molecule has 2 aromatic carbocycles. The molecule has 6 heteroatoms. The lowest BCUT2D eigenvalue weighted by molar-refractivity contribution is 0.0234. The Labute approximate surface area is 127 Å². The maximum atomic E-state index is 11.8. The van der Waals surface area contributed by atoms with Gasteiger partial charge in [0.25, 0.3) is 0 Å². The fraction of sp³-hybridized carbons (Fsp3) is 0.188. The number of hydroxylamine groups is 1. The number of carbonyl (C=O) groups is 1. The van der Waals surface area contributed by atoms with E-state index in [1.807, 2.05) is 31.2 Å². The largest absolute Gasteiger partial charge is 0.508 e. The zero-order valence-corrected chi connectivity index (χ0v) is 12.1. The molecule has 0 heterocycles. The number of phenols is 2. The molecule has 0 aromatic heterocycles. The first-order valence-corrected chi connectivity index (χ1v) is 6.78. The molecule has 6 nitrogen and oxygen atoms in total. The van der Waals surface area contributed by atoms with Crippen molar-refractivity contribution in [2.75, 3.05) is 6.61 Å². The van der Waals surface area contributed by atoms with Crippen molar-refractivity contribution in [3.63, 3.8) is 0 Å². The summed E-state index contributed by atoms with van der Waals surface area (Å²) in [5, 5.41) is 18.7. The monoisotopic (exact) mass is 303 g/mol. The highest BCUT2D eigenvalue weighted by molar-refractivity contribution is 5.92. The van der Waals surface area contributed by atoms with Crippen LogP contribution in [0.4, 0.5) is 0 Å². The van der Waals surface area contributed by atoms with Gasteiger partial charge in [0.15, 0.2) is 0 Å². The first kappa shape index (κ1) is 15.7. The van der Waals surface area contributed by atoms with E-state index in [0.717, 1.165) is 17.4 Å². The molecule has 0 atom stereocenters. The first-order valence-electron chi connectivity index (χ1n) is 6.78. The molecule has 0 bridgehead atoms. The van der Waals surface area contributed by atoms with Gasteiger partial charge in [-0.05, 0) is 36.8 Å². The molecule has 22 heavy (non-hydrogen) atoms. The van der Waals surface area contributed by atoms with Gasteiger partial charge in [-0.25, -0.2) is 4.79 Å². The van der Waals surface area contributed by atoms with Gasteiger partial charge in [-0.3, -0.25) is 0 Å². The predicted molar refractivity (Wildman–Crippen MR) is 79.6 cm³/mol. The van der Waals surface area contributed by atoms with Crippen molar-refractivity contribution in [2.45, 2.75) is 13.5 Å². The number of phenolic OH excluding ortho intramolecular Hbond substituents is 2. The lowest BCUT2D eigenvalue weighted by Crippen LogP contribution is -2.19. The van der Waals surface area contributed by atoms with Crippen LogP contribution in [0.2, 0.25) is 0 Å². The predicted octanol–water partition coefficient (Wildman–Crippen LogP) is 2.36. The Morgan fingerprint density at radius 1 is 1.18 bits per heavy atom. The molecule has 0 spiro atoms. The van der Waals surface area contributed by atoms with Crippen LogP contribution in [0.3, 0.4) is 0 Å². The fourth-order valence-electron chi connectivity index (χ4n) is 1.84. The summed E-state index contributed by atoms with van der Waals surface area (Å²) in [5.74, 6) is -0.470. The SMILES string of the molecule is CCOc1cccc(CNOC(=O)c2ccc(O)cc2O)c1. The van der Waals surface area contributed by atoms with E-state index in [4.69, 9.17) is 9.57 Å². The maximum Gasteiger partial charge on any atom is 0.360 e. The molecule has 0 aliphatic carbocycles. The molecule has 0 unspecified atom stereocenters. The van der Waals surface area contributed by atoms with Crippen molar-refractivity contribution >= 4 is 5.97 Å². The van der Waals surface area contributed by atoms with Crippen molar-refractivity contribution in [3.05, 3.63) is 53.6 Å². The van der Waals surface area contributed by atoms with Gasteiger partial charge in [0.2, 0.25) is 0 Å². The summed E-state index contributed by atoms with van der Waals surface area (Å²) < 4.78 is 5.38. The number of aromatic hydroxyl groups is 2. The molecule has 3 N–H and O–H groups in total. The van der Waals surface area contributed by atoms with E-state index in [1.165, 1.54) is 12.1 Å². The topological polar surface area (TPSA) is 88.0 Å². The van der Waals surface area contributed by atoms with Gasteiger partial charge in [-0.15, -0.1) is 5.48 Å². The summed E-state index contributed by atoms with van der Waals surface area (Å²) >= 11 is 0. The first-order chi connectivity index (χ1) is 10.6. The van der Waals surface area contributed by atoms with Gasteiger partial charge >= 0.3 is 5.97 Å². The van der Waals surface area contributed by atoms with Crippen molar-refractivity contribution in [1.82, 2.24) is 5.48 Å². The number of nitrogens with one attached hydrogen (secondary N) is 1. The smallest absolute Gasteiger partial charge is 0.360 e. The Bertz CT molecular complexity index is 657. The van der Waals surface area contributed by atoms with Crippen LogP contribution in [0, 0.1) is 0 Å². The van der Waals surface area contributed by atoms with Crippen molar-refractivity contribution in [3.8, 4) is 17.2 Å². The Morgan fingerprint density at radius 3 is 2.73 bits per heavy atom. The van der Waals surface area contributed by atoms with Gasteiger partial charge in [0.1, 0.15) is 22.8 Å². The van der Waals surface area contributed by atoms with Crippen LogP contribution >= 0.6 is 0 Å². The number of carbonyl (C=O) groups excluding carboxylic acids is 1. The Balaban J connectivity index is 1.90. The molecule has 0 aliphatic rings. The average molecular weight is 303 g/mol. The second-order valence-corrected chi connectivity index (χ2v) is 4.49. The number of benzene rings is 2. The minimum atomic E-state index is -0.738. The zero-order valence-electron chi connectivity index (χ0n) is 12.1. The molecule has 2 aromatic rings. The highest BCUT2D eigenvalue weighted by Gasteiger charge is 2.13. The van der Waals surface area contributed by atoms with Gasteiger partial charge in [-0.2, -0.15) is 0 Å². The van der Waals surface area contributed by atoms with Crippen molar-refractivity contribution < 1.29 is 24.6 Å². The maximum absolute atomic E-state index is 11.8. The van der Waals surface area contributed by atoms with E-state index in [-0.39, 0.29) is 17.1 Å². The van der Waals surface area contributed by atoms with Crippen molar-refractivity contribution in [2.24, 2.45) is 0 Å². The Morgan fingerprint density at radius 2 is 2.00 bits per heavy atom. The van der Waals surface area contributed by atoms with Crippen LogP contribution in [0.15, 0.2) is 42.5 Å². The molecule has 0 fully saturated rings. The molecule has 0 saturated carbocycles. The van der Waals surface area contributed by atoms with Crippen LogP contribution in [0.25, 0.3) is 0 Å². The number of rotatable bonds is 6. The van der Waals surface area contributed by atoms with Gasteiger partial charge < -0.3 is 19.8 Å². The van der Waals surface area contributed by atoms with E-state index in [9.17, 15) is 15.0 Å². The average Bonchev–Trinajstić information content (AvgIpc) is 2.48. The van der Waals surface area contributed by atoms with Crippen molar-refractivity contribution in [1.29, 1.82) is 0 Å². The summed E-state index contributed by atoms with van der Waals surface area (Å²) in [7, 11) is 0. The Hall–Kier alpha value is -2.73. The van der Waals surface area contributed by atoms with Crippen LogP contribution < -0.4 is 10.2 Å². The number of ether oxygens (including phenoxy) is 1. The van der Waals surface area contributed by atoms with E-state index in [2.05, 4.69) is 5.48 Å². The van der Waals surface area contributed by atoms with Crippen LogP contribution in [0.1, 0.15) is 22.8 Å². The second-order valence-electron chi connectivity index (χ2n) is 4.49. The van der Waals surface area contributed by atoms with E-state index >= 15 is 0 Å². The highest BCUT2D eigenvalue weighted by atomic mass is 16.7. The summed E-state index contributed by atoms with van der Waals surface area (Å²) in [6.07, 6.45) is 0.